The Labute approximate surface area is 143 Å². The fraction of sp³-hybridized carbons (Fsp3) is 0.286. The summed E-state index contributed by atoms with van der Waals surface area (Å²) in [5, 5.41) is 12.4. The smallest absolute Gasteiger partial charge is 0.335 e. The molecule has 3 rings (SSSR count). The zero-order valence-corrected chi connectivity index (χ0v) is 14.6. The quantitative estimate of drug-likeness (QED) is 0.782. The summed E-state index contributed by atoms with van der Waals surface area (Å²) in [5.74, 6) is -0.908. The molecule has 0 heterocycles. The number of carbonyl (C=O) groups is 1. The third-order valence-electron chi connectivity index (χ3n) is 4.85. The molecule has 0 aliphatic heterocycles. The summed E-state index contributed by atoms with van der Waals surface area (Å²) in [6.45, 7) is 8.84. The van der Waals surface area contributed by atoms with Gasteiger partial charge in [-0.1, -0.05) is 26.0 Å². The first-order chi connectivity index (χ1) is 11.3. The highest BCUT2D eigenvalue weighted by Gasteiger charge is 2.27. The van der Waals surface area contributed by atoms with Crippen LogP contribution in [0.1, 0.15) is 54.2 Å². The minimum atomic E-state index is -0.908. The molecular weight excluding hydrogens is 298 g/mol. The van der Waals surface area contributed by atoms with E-state index >= 15 is 0 Å². The lowest BCUT2D eigenvalue weighted by molar-refractivity contribution is 0.0697. The third-order valence-corrected chi connectivity index (χ3v) is 4.85. The minimum Gasteiger partial charge on any atom is -0.478 e. The van der Waals surface area contributed by atoms with Gasteiger partial charge in [0.2, 0.25) is 0 Å². The first-order valence-electron chi connectivity index (χ1n) is 8.20. The van der Waals surface area contributed by atoms with Crippen LogP contribution in [0.5, 0.6) is 0 Å². The fourth-order valence-electron chi connectivity index (χ4n) is 3.21. The molecule has 2 aromatic carbocycles. The molecule has 24 heavy (non-hydrogen) atoms. The van der Waals surface area contributed by atoms with Gasteiger partial charge in [0.05, 0.1) is 5.56 Å². The molecule has 0 amide bonds. The summed E-state index contributed by atoms with van der Waals surface area (Å²) < 4.78 is 0. The van der Waals surface area contributed by atoms with E-state index in [9.17, 15) is 4.79 Å². The van der Waals surface area contributed by atoms with Crippen molar-refractivity contribution < 1.29 is 9.90 Å². The van der Waals surface area contributed by atoms with Crippen LogP contribution in [0.2, 0.25) is 0 Å². The summed E-state index contributed by atoms with van der Waals surface area (Å²) in [6, 6.07) is 11.3. The average molecular weight is 321 g/mol. The van der Waals surface area contributed by atoms with Crippen molar-refractivity contribution >= 4 is 22.9 Å². The molecule has 0 radical (unpaired) electrons. The molecule has 0 atom stereocenters. The lowest BCUT2D eigenvalue weighted by Gasteiger charge is -2.32. The van der Waals surface area contributed by atoms with Crippen molar-refractivity contribution in [3.63, 3.8) is 0 Å². The molecule has 124 valence electrons. The van der Waals surface area contributed by atoms with Crippen molar-refractivity contribution in [1.82, 2.24) is 0 Å². The van der Waals surface area contributed by atoms with Crippen LogP contribution in [0.4, 0.5) is 11.4 Å². The van der Waals surface area contributed by atoms with Crippen LogP contribution in [0.25, 0.3) is 5.57 Å². The SMILES string of the molecule is CC1=CCC(C)(C)c2cc(C)c(Nc3ccc(C(=O)O)cc3)cc21. The Morgan fingerprint density at radius 2 is 1.79 bits per heavy atom. The fourth-order valence-corrected chi connectivity index (χ4v) is 3.21. The number of rotatable bonds is 3. The highest BCUT2D eigenvalue weighted by Crippen LogP contribution is 2.41. The molecule has 0 saturated carbocycles. The van der Waals surface area contributed by atoms with E-state index < -0.39 is 5.97 Å². The predicted octanol–water partition coefficient (Wildman–Crippen LogP) is 5.52. The zero-order chi connectivity index (χ0) is 17.5. The number of hydrogen-bond donors (Lipinski definition) is 2. The average Bonchev–Trinajstić information content (AvgIpc) is 2.53. The molecule has 0 aromatic heterocycles. The molecular formula is C21H23NO2. The molecule has 3 heteroatoms. The summed E-state index contributed by atoms with van der Waals surface area (Å²) in [5.41, 5.74) is 7.59. The van der Waals surface area contributed by atoms with Gasteiger partial charge in [-0.15, -0.1) is 0 Å². The first-order valence-corrected chi connectivity index (χ1v) is 8.20. The Balaban J connectivity index is 1.97. The molecule has 0 fully saturated rings. The van der Waals surface area contributed by atoms with Crippen molar-refractivity contribution in [2.24, 2.45) is 0 Å². The monoisotopic (exact) mass is 321 g/mol. The number of carboxylic acids is 1. The third kappa shape index (κ3) is 2.94. The van der Waals surface area contributed by atoms with Crippen molar-refractivity contribution in [2.75, 3.05) is 5.32 Å². The highest BCUT2D eigenvalue weighted by atomic mass is 16.4. The standard InChI is InChI=1S/C21H23NO2/c1-13-9-10-21(3,4)18-11-14(2)19(12-17(13)18)22-16-7-5-15(6-8-16)20(23)24/h5-9,11-12,22H,10H2,1-4H3,(H,23,24). The first kappa shape index (κ1) is 16.3. The van der Waals surface area contributed by atoms with Gasteiger partial charge in [-0.2, -0.15) is 0 Å². The summed E-state index contributed by atoms with van der Waals surface area (Å²) >= 11 is 0. The number of fused-ring (bicyclic) bond motifs is 1. The van der Waals surface area contributed by atoms with Crippen LogP contribution in [-0.2, 0) is 5.41 Å². The molecule has 0 bridgehead atoms. The number of nitrogens with one attached hydrogen (secondary N) is 1. The Bertz CT molecular complexity index is 830. The van der Waals surface area contributed by atoms with Gasteiger partial charge in [0.25, 0.3) is 0 Å². The molecule has 1 aliphatic carbocycles. The second-order valence-corrected chi connectivity index (χ2v) is 7.20. The van der Waals surface area contributed by atoms with Crippen LogP contribution in [0, 0.1) is 6.92 Å². The Hall–Kier alpha value is -2.55. The van der Waals surface area contributed by atoms with E-state index in [1.807, 2.05) is 0 Å². The number of anilines is 2. The van der Waals surface area contributed by atoms with Gasteiger partial charge in [-0.3, -0.25) is 0 Å². The molecule has 0 saturated heterocycles. The Morgan fingerprint density at radius 3 is 2.42 bits per heavy atom. The van der Waals surface area contributed by atoms with Gasteiger partial charge in [0, 0.05) is 11.4 Å². The lowest BCUT2D eigenvalue weighted by atomic mass is 9.73. The van der Waals surface area contributed by atoms with E-state index in [0.29, 0.717) is 5.56 Å². The van der Waals surface area contributed by atoms with Crippen LogP contribution in [-0.4, -0.2) is 11.1 Å². The summed E-state index contributed by atoms with van der Waals surface area (Å²) in [7, 11) is 0. The molecule has 0 unspecified atom stereocenters. The van der Waals surface area contributed by atoms with Gasteiger partial charge >= 0.3 is 5.97 Å². The van der Waals surface area contributed by atoms with E-state index in [2.05, 4.69) is 51.2 Å². The molecule has 2 N–H and O–H groups in total. The van der Waals surface area contributed by atoms with Crippen molar-refractivity contribution in [1.29, 1.82) is 0 Å². The molecule has 3 nitrogen and oxygen atoms in total. The predicted molar refractivity (Wildman–Crippen MR) is 99.2 cm³/mol. The van der Waals surface area contributed by atoms with Crippen molar-refractivity contribution in [3.8, 4) is 0 Å². The highest BCUT2D eigenvalue weighted by molar-refractivity contribution is 5.88. The summed E-state index contributed by atoms with van der Waals surface area (Å²) in [6.07, 6.45) is 3.37. The molecule has 1 aliphatic rings. The van der Waals surface area contributed by atoms with E-state index in [1.165, 1.54) is 22.3 Å². The van der Waals surface area contributed by atoms with Gasteiger partial charge in [-0.25, -0.2) is 4.79 Å². The Kier molecular flexibility index (Phi) is 3.96. The maximum Gasteiger partial charge on any atom is 0.335 e. The van der Waals surface area contributed by atoms with E-state index in [4.69, 9.17) is 5.11 Å². The number of hydrogen-bond acceptors (Lipinski definition) is 2. The van der Waals surface area contributed by atoms with Gasteiger partial charge < -0.3 is 10.4 Å². The van der Waals surface area contributed by atoms with Crippen molar-refractivity contribution in [3.05, 3.63) is 64.7 Å². The van der Waals surface area contributed by atoms with Crippen LogP contribution >= 0.6 is 0 Å². The topological polar surface area (TPSA) is 49.3 Å². The second-order valence-electron chi connectivity index (χ2n) is 7.20. The van der Waals surface area contributed by atoms with Crippen molar-refractivity contribution in [2.45, 2.75) is 39.5 Å². The van der Waals surface area contributed by atoms with E-state index in [1.54, 1.807) is 24.3 Å². The largest absolute Gasteiger partial charge is 0.478 e. The number of aromatic carboxylic acids is 1. The molecule has 0 spiro atoms. The lowest BCUT2D eigenvalue weighted by Crippen LogP contribution is -2.21. The van der Waals surface area contributed by atoms with Crippen LogP contribution in [0.3, 0.4) is 0 Å². The number of carboxylic acid groups (broad SMARTS) is 1. The van der Waals surface area contributed by atoms with Gasteiger partial charge in [0.15, 0.2) is 0 Å². The van der Waals surface area contributed by atoms with Gasteiger partial charge in [0.1, 0.15) is 0 Å². The maximum absolute atomic E-state index is 11.0. The van der Waals surface area contributed by atoms with E-state index in [0.717, 1.165) is 17.8 Å². The normalized spacial score (nSPS) is 15.4. The zero-order valence-electron chi connectivity index (χ0n) is 14.6. The Morgan fingerprint density at radius 1 is 1.12 bits per heavy atom. The number of aryl methyl sites for hydroxylation is 1. The van der Waals surface area contributed by atoms with Gasteiger partial charge in [-0.05, 0) is 78.3 Å². The van der Waals surface area contributed by atoms with E-state index in [-0.39, 0.29) is 5.41 Å². The van der Waals surface area contributed by atoms with Crippen LogP contribution in [0.15, 0.2) is 42.5 Å². The maximum atomic E-state index is 11.0. The summed E-state index contributed by atoms with van der Waals surface area (Å²) in [4.78, 5) is 11.0. The minimum absolute atomic E-state index is 0.154. The number of benzene rings is 2. The second kappa shape index (κ2) is 5.82. The number of allylic oxidation sites excluding steroid dienone is 2. The molecule has 2 aromatic rings. The van der Waals surface area contributed by atoms with Crippen LogP contribution < -0.4 is 5.32 Å².